The van der Waals surface area contributed by atoms with Crippen LogP contribution in [0, 0.1) is 11.8 Å². The number of carbonyl (C=O) groups excluding carboxylic acids is 3. The van der Waals surface area contributed by atoms with Gasteiger partial charge < -0.3 is 9.47 Å². The predicted octanol–water partition coefficient (Wildman–Crippen LogP) is 23.3. The monoisotopic (exact) mass is 1030 g/mol. The lowest BCUT2D eigenvalue weighted by Crippen LogP contribution is -2.32. The first-order valence-electron chi connectivity index (χ1n) is 32.7. The summed E-state index contributed by atoms with van der Waals surface area (Å²) in [6, 6.07) is 0. The van der Waals surface area contributed by atoms with Gasteiger partial charge in [0.1, 0.15) is 0 Å². The van der Waals surface area contributed by atoms with Gasteiger partial charge >= 0.3 is 6.16 Å². The largest absolute Gasteiger partial charge is 0.509 e. The molecule has 2 atom stereocenters. The van der Waals surface area contributed by atoms with E-state index in [4.69, 9.17) is 9.47 Å². The van der Waals surface area contributed by atoms with Crippen LogP contribution in [-0.4, -0.2) is 29.9 Å². The van der Waals surface area contributed by atoms with Crippen LogP contribution in [0.15, 0.2) is 48.6 Å². The first kappa shape index (κ1) is 71.6. The van der Waals surface area contributed by atoms with Crippen LogP contribution in [0.3, 0.4) is 0 Å². The first-order valence-corrected chi connectivity index (χ1v) is 32.7. The molecule has 0 N–H and O–H groups in total. The normalized spacial score (nSPS) is 13.0. The summed E-state index contributed by atoms with van der Waals surface area (Å²) in [5.41, 5.74) is 0. The molecule has 0 aliphatic rings. The van der Waals surface area contributed by atoms with Crippen LogP contribution in [0.1, 0.15) is 350 Å². The maximum Gasteiger partial charge on any atom is 0.509 e. The summed E-state index contributed by atoms with van der Waals surface area (Å²) < 4.78 is 11.9. The SMILES string of the molecule is CCCCC/C=C\C/C=C\CCCCCCCC(=O)C(CCCCCCCCCCCCC(C)C)OC(=O)OC(CCCCCCCCCCCCC(C)C)C(=O)CCCCCCC/C=C\C/C=C\CCCCC. The minimum absolute atomic E-state index is 0.00802. The molecule has 0 aliphatic heterocycles. The summed E-state index contributed by atoms with van der Waals surface area (Å²) in [4.78, 5) is 41.1. The van der Waals surface area contributed by atoms with Gasteiger partial charge in [-0.1, -0.05) is 283 Å². The number of unbranched alkanes of at least 4 members (excludes halogenated alkanes) is 34. The Balaban J connectivity index is 5.23. The average Bonchev–Trinajstić information content (AvgIpc) is 3.38. The van der Waals surface area contributed by atoms with Crippen molar-refractivity contribution >= 4 is 17.7 Å². The molecule has 0 saturated carbocycles. The highest BCUT2D eigenvalue weighted by Crippen LogP contribution is 2.21. The Labute approximate surface area is 462 Å². The van der Waals surface area contributed by atoms with Crippen LogP contribution in [0.5, 0.6) is 0 Å². The number of hydrogen-bond acceptors (Lipinski definition) is 5. The summed E-state index contributed by atoms with van der Waals surface area (Å²) in [5.74, 6) is 1.63. The van der Waals surface area contributed by atoms with E-state index in [-0.39, 0.29) is 11.6 Å². The molecule has 5 nitrogen and oxygen atoms in total. The van der Waals surface area contributed by atoms with E-state index in [0.717, 1.165) is 115 Å². The lowest BCUT2D eigenvalue weighted by molar-refractivity contribution is -0.133. The second kappa shape index (κ2) is 58.3. The van der Waals surface area contributed by atoms with E-state index < -0.39 is 18.4 Å². The molecule has 0 bridgehead atoms. The molecule has 2 unspecified atom stereocenters. The van der Waals surface area contributed by atoms with E-state index in [0.29, 0.717) is 25.7 Å². The van der Waals surface area contributed by atoms with Crippen LogP contribution in [0.2, 0.25) is 0 Å². The highest BCUT2D eigenvalue weighted by Gasteiger charge is 2.28. The lowest BCUT2D eigenvalue weighted by atomic mass is 10.00. The van der Waals surface area contributed by atoms with Gasteiger partial charge in [-0.25, -0.2) is 4.79 Å². The minimum atomic E-state index is -0.830. The highest BCUT2D eigenvalue weighted by molar-refractivity contribution is 5.86. The van der Waals surface area contributed by atoms with Crippen molar-refractivity contribution < 1.29 is 23.9 Å². The van der Waals surface area contributed by atoms with E-state index in [9.17, 15) is 14.4 Å². The molecule has 0 saturated heterocycles. The van der Waals surface area contributed by atoms with Crippen LogP contribution in [-0.2, 0) is 19.1 Å². The van der Waals surface area contributed by atoms with Crippen LogP contribution in [0.4, 0.5) is 4.79 Å². The van der Waals surface area contributed by atoms with Crippen molar-refractivity contribution in [3.8, 4) is 0 Å². The third kappa shape index (κ3) is 54.4. The van der Waals surface area contributed by atoms with Gasteiger partial charge in [0.25, 0.3) is 0 Å². The van der Waals surface area contributed by atoms with Crippen molar-refractivity contribution in [2.24, 2.45) is 11.8 Å². The Hall–Kier alpha value is -2.43. The molecule has 0 aliphatic carbocycles. The zero-order valence-electron chi connectivity index (χ0n) is 50.4. The van der Waals surface area contributed by atoms with E-state index in [2.05, 4.69) is 90.2 Å². The maximum atomic E-state index is 13.7. The van der Waals surface area contributed by atoms with Gasteiger partial charge in [0.05, 0.1) is 0 Å². The second-order valence-corrected chi connectivity index (χ2v) is 23.4. The van der Waals surface area contributed by atoms with Crippen molar-refractivity contribution in [1.82, 2.24) is 0 Å². The molecule has 0 amide bonds. The molecule has 0 spiro atoms. The molecule has 0 heterocycles. The summed E-state index contributed by atoms with van der Waals surface area (Å²) in [5, 5.41) is 0. The number of hydrogen-bond donors (Lipinski definition) is 0. The molecule has 432 valence electrons. The Kier molecular flexibility index (Phi) is 56.3. The predicted molar refractivity (Wildman–Crippen MR) is 324 cm³/mol. The van der Waals surface area contributed by atoms with Crippen LogP contribution < -0.4 is 0 Å². The zero-order chi connectivity index (χ0) is 54.1. The standard InChI is InChI=1S/C69H126O5/c1-7-9-11-13-15-17-19-21-23-25-27-35-41-47-53-59-65(70)67(61-55-49-43-37-31-29-33-39-45-51-57-63(3)4)73-69(72)74-68(62-56-50-44-38-32-30-34-40-46-52-58-64(5)6)66(71)60-54-48-42-36-28-26-24-22-20-18-16-14-12-10-8-2/h15-18,21-24,63-64,67-68H,7-14,19-20,25-62H2,1-6H3/b17-15-,18-16-,23-21-,24-22-. The molecular formula is C69H126O5. The van der Waals surface area contributed by atoms with E-state index in [1.807, 2.05) is 0 Å². The molecule has 0 aromatic rings. The number of rotatable bonds is 58. The first-order chi connectivity index (χ1) is 36.2. The van der Waals surface area contributed by atoms with Crippen molar-refractivity contribution in [3.63, 3.8) is 0 Å². The molecule has 0 rings (SSSR count). The summed E-state index contributed by atoms with van der Waals surface area (Å²) in [6.45, 7) is 13.8. The molecule has 74 heavy (non-hydrogen) atoms. The summed E-state index contributed by atoms with van der Waals surface area (Å²) in [6.07, 6.45) is 70.0. The molecule has 0 aromatic carbocycles. The fraction of sp³-hybridized carbons (Fsp3) is 0.841. The second-order valence-electron chi connectivity index (χ2n) is 23.4. The van der Waals surface area contributed by atoms with Crippen LogP contribution in [0.25, 0.3) is 0 Å². The van der Waals surface area contributed by atoms with Gasteiger partial charge in [0.15, 0.2) is 23.8 Å². The van der Waals surface area contributed by atoms with Crippen molar-refractivity contribution in [2.75, 3.05) is 0 Å². The summed E-state index contributed by atoms with van der Waals surface area (Å²) in [7, 11) is 0. The smallest absolute Gasteiger partial charge is 0.423 e. The van der Waals surface area contributed by atoms with Gasteiger partial charge in [-0.05, 0) is 115 Å². The number of Topliss-reactive ketones (excluding diaryl/α,β-unsaturated/α-hetero) is 2. The average molecular weight is 1040 g/mol. The molecule has 5 heteroatoms. The van der Waals surface area contributed by atoms with Gasteiger partial charge in [-0.2, -0.15) is 0 Å². The number of carbonyl (C=O) groups is 3. The lowest BCUT2D eigenvalue weighted by Gasteiger charge is -2.20. The fourth-order valence-electron chi connectivity index (χ4n) is 9.97. The Morgan fingerprint density at radius 1 is 0.297 bits per heavy atom. The number of allylic oxidation sites excluding steroid dienone is 8. The quantitative estimate of drug-likeness (QED) is 0.0345. The molecule has 0 fully saturated rings. The highest BCUT2D eigenvalue weighted by atomic mass is 16.7. The van der Waals surface area contributed by atoms with Crippen LogP contribution >= 0.6 is 0 Å². The Morgan fingerprint density at radius 3 is 0.824 bits per heavy atom. The van der Waals surface area contributed by atoms with E-state index in [1.165, 1.54) is 180 Å². The maximum absolute atomic E-state index is 13.7. The van der Waals surface area contributed by atoms with Crippen molar-refractivity contribution in [3.05, 3.63) is 48.6 Å². The van der Waals surface area contributed by atoms with Gasteiger partial charge in [-0.3, -0.25) is 9.59 Å². The van der Waals surface area contributed by atoms with Crippen molar-refractivity contribution in [1.29, 1.82) is 0 Å². The third-order valence-electron chi connectivity index (χ3n) is 14.9. The van der Waals surface area contributed by atoms with Gasteiger partial charge in [0.2, 0.25) is 0 Å². The van der Waals surface area contributed by atoms with E-state index >= 15 is 0 Å². The number of ether oxygens (including phenoxy) is 2. The van der Waals surface area contributed by atoms with Crippen molar-refractivity contribution in [2.45, 2.75) is 362 Å². The zero-order valence-corrected chi connectivity index (χ0v) is 50.4. The molecule has 0 aromatic heterocycles. The topological polar surface area (TPSA) is 69.7 Å². The Morgan fingerprint density at radius 2 is 0.541 bits per heavy atom. The van der Waals surface area contributed by atoms with E-state index in [1.54, 1.807) is 0 Å². The summed E-state index contributed by atoms with van der Waals surface area (Å²) >= 11 is 0. The molecular weight excluding hydrogens is 909 g/mol. The third-order valence-corrected chi connectivity index (χ3v) is 14.9. The Bertz CT molecular complexity index is 1230. The molecule has 0 radical (unpaired) electrons. The number of ketones is 2. The van der Waals surface area contributed by atoms with Gasteiger partial charge in [-0.15, -0.1) is 0 Å². The van der Waals surface area contributed by atoms with Gasteiger partial charge in [0, 0.05) is 12.8 Å². The fourth-order valence-corrected chi connectivity index (χ4v) is 9.97. The minimum Gasteiger partial charge on any atom is -0.423 e.